The molecule has 3 aliphatic rings. The number of benzene rings is 7. The van der Waals surface area contributed by atoms with Gasteiger partial charge in [0.2, 0.25) is 0 Å². The lowest BCUT2D eigenvalue weighted by molar-refractivity contribution is 0.381. The Kier molecular flexibility index (Phi) is 7.82. The van der Waals surface area contributed by atoms with E-state index in [2.05, 4.69) is 127 Å². The molecule has 0 amide bonds. The van der Waals surface area contributed by atoms with Crippen LogP contribution in [0.5, 0.6) is 5.75 Å². The maximum absolute atomic E-state index is 7.00. The lowest BCUT2D eigenvalue weighted by Gasteiger charge is -2.43. The molecule has 0 radical (unpaired) electrons. The average molecular weight is 769 g/mol. The van der Waals surface area contributed by atoms with Crippen LogP contribution in [0.3, 0.4) is 0 Å². The summed E-state index contributed by atoms with van der Waals surface area (Å²) in [7, 11) is 0. The second kappa shape index (κ2) is 13.7. The van der Waals surface area contributed by atoms with Crippen LogP contribution < -0.4 is 4.74 Å². The van der Waals surface area contributed by atoms with Crippen molar-refractivity contribution in [3.63, 3.8) is 0 Å². The fourth-order valence-electron chi connectivity index (χ4n) is 9.75. The molecule has 282 valence electrons. The molecule has 12 rings (SSSR count). The van der Waals surface area contributed by atoms with Gasteiger partial charge in [0.15, 0.2) is 17.5 Å². The molecule has 0 saturated heterocycles. The predicted octanol–water partition coefficient (Wildman–Crippen LogP) is 12.8. The molecule has 9 aromatic rings. The molecule has 2 aliphatic carbocycles. The van der Waals surface area contributed by atoms with Crippen LogP contribution >= 0.6 is 0 Å². The van der Waals surface area contributed by atoms with Crippen LogP contribution in [0.15, 0.2) is 212 Å². The minimum atomic E-state index is -0.675. The average Bonchev–Trinajstić information content (AvgIpc) is 3.62. The number of allylic oxidation sites excluding steroid dienone is 3. The first-order valence-electron chi connectivity index (χ1n) is 20.5. The van der Waals surface area contributed by atoms with Crippen molar-refractivity contribution in [2.24, 2.45) is 0 Å². The Morgan fingerprint density at radius 1 is 0.483 bits per heavy atom. The summed E-state index contributed by atoms with van der Waals surface area (Å²) in [4.78, 5) is 20.3. The third kappa shape index (κ3) is 5.26. The first-order valence-corrected chi connectivity index (χ1v) is 20.5. The normalized spacial score (nSPS) is 15.6. The maximum Gasteiger partial charge on any atom is 0.164 e. The van der Waals surface area contributed by atoms with Crippen LogP contribution in [0.1, 0.15) is 34.6 Å². The van der Waals surface area contributed by atoms with Gasteiger partial charge in [-0.2, -0.15) is 0 Å². The van der Waals surface area contributed by atoms with E-state index in [0.29, 0.717) is 17.5 Å². The van der Waals surface area contributed by atoms with Gasteiger partial charge in [-0.05, 0) is 75.7 Å². The maximum atomic E-state index is 7.00. The van der Waals surface area contributed by atoms with E-state index in [9.17, 15) is 0 Å². The number of hydrogen-bond donors (Lipinski definition) is 0. The highest BCUT2D eigenvalue weighted by atomic mass is 16.5. The van der Waals surface area contributed by atoms with E-state index in [-0.39, 0.29) is 5.92 Å². The number of aromatic nitrogens is 4. The zero-order valence-electron chi connectivity index (χ0n) is 32.5. The first-order chi connectivity index (χ1) is 29.7. The lowest BCUT2D eigenvalue weighted by Crippen LogP contribution is -2.36. The van der Waals surface area contributed by atoms with Gasteiger partial charge in [-0.15, -0.1) is 0 Å². The summed E-state index contributed by atoms with van der Waals surface area (Å²) in [5, 5.41) is 1.15. The molecule has 7 aromatic carbocycles. The van der Waals surface area contributed by atoms with Gasteiger partial charge in [-0.25, -0.2) is 15.0 Å². The summed E-state index contributed by atoms with van der Waals surface area (Å²) < 4.78 is 7.00. The molecule has 0 saturated carbocycles. The van der Waals surface area contributed by atoms with Crippen LogP contribution in [-0.4, -0.2) is 19.9 Å². The summed E-state index contributed by atoms with van der Waals surface area (Å²) in [5.41, 5.74) is 13.8. The fourth-order valence-corrected chi connectivity index (χ4v) is 9.75. The van der Waals surface area contributed by atoms with Gasteiger partial charge >= 0.3 is 0 Å². The minimum Gasteiger partial charge on any atom is -0.457 e. The molecule has 1 aliphatic heterocycles. The van der Waals surface area contributed by atoms with Crippen molar-refractivity contribution in [1.29, 1.82) is 0 Å². The van der Waals surface area contributed by atoms with Crippen LogP contribution in [0, 0.1) is 0 Å². The Bertz CT molecular complexity index is 3110. The van der Waals surface area contributed by atoms with Crippen molar-refractivity contribution in [3.05, 3.63) is 234 Å². The van der Waals surface area contributed by atoms with Gasteiger partial charge in [0.05, 0.1) is 10.9 Å². The molecule has 2 aromatic heterocycles. The molecule has 0 fully saturated rings. The number of fused-ring (bicyclic) bond motifs is 10. The van der Waals surface area contributed by atoms with Crippen molar-refractivity contribution in [2.75, 3.05) is 0 Å². The SMILES string of the molecule is C1=C2Oc3ccc(-c4nc(-c5ccccc5)nc(-c5ccccc5)n4)cc3C3(C2=CC(c2ccc(-c4ccccc4)c4cccnc24)C1)c1ccccc1-c1ccccc13. The fraction of sp³-hybridized carbons (Fsp3) is 0.0545. The van der Waals surface area contributed by atoms with Gasteiger partial charge in [0.1, 0.15) is 11.5 Å². The molecule has 1 atom stereocenters. The number of pyridine rings is 1. The molecule has 60 heavy (non-hydrogen) atoms. The van der Waals surface area contributed by atoms with E-state index in [1.54, 1.807) is 0 Å². The Morgan fingerprint density at radius 3 is 1.72 bits per heavy atom. The highest BCUT2D eigenvalue weighted by molar-refractivity contribution is 5.97. The van der Waals surface area contributed by atoms with Crippen molar-refractivity contribution in [3.8, 4) is 62.2 Å². The third-order valence-electron chi connectivity index (χ3n) is 12.4. The van der Waals surface area contributed by atoms with Gasteiger partial charge < -0.3 is 4.74 Å². The van der Waals surface area contributed by atoms with Crippen LogP contribution in [0.2, 0.25) is 0 Å². The van der Waals surface area contributed by atoms with E-state index in [4.69, 9.17) is 24.7 Å². The van der Waals surface area contributed by atoms with Crippen molar-refractivity contribution in [1.82, 2.24) is 19.9 Å². The second-order valence-electron chi connectivity index (χ2n) is 15.7. The Hall–Kier alpha value is -7.76. The van der Waals surface area contributed by atoms with E-state index < -0.39 is 5.41 Å². The molecular weight excluding hydrogens is 733 g/mol. The summed E-state index contributed by atoms with van der Waals surface area (Å²) in [6, 6.07) is 63.9. The summed E-state index contributed by atoms with van der Waals surface area (Å²) >= 11 is 0. The van der Waals surface area contributed by atoms with E-state index >= 15 is 0 Å². The number of rotatable bonds is 5. The third-order valence-corrected chi connectivity index (χ3v) is 12.4. The van der Waals surface area contributed by atoms with E-state index in [0.717, 1.165) is 56.7 Å². The molecule has 5 nitrogen and oxygen atoms in total. The molecule has 1 unspecified atom stereocenters. The minimum absolute atomic E-state index is 0.0569. The zero-order valence-corrected chi connectivity index (χ0v) is 32.5. The van der Waals surface area contributed by atoms with Crippen molar-refractivity contribution < 1.29 is 4.74 Å². The van der Waals surface area contributed by atoms with Gasteiger partial charge in [-0.1, -0.05) is 164 Å². The second-order valence-corrected chi connectivity index (χ2v) is 15.7. The predicted molar refractivity (Wildman–Crippen MR) is 239 cm³/mol. The largest absolute Gasteiger partial charge is 0.457 e. The van der Waals surface area contributed by atoms with Gasteiger partial charge in [-0.3, -0.25) is 4.98 Å². The van der Waals surface area contributed by atoms with Crippen molar-refractivity contribution in [2.45, 2.75) is 17.8 Å². The number of ether oxygens (including phenoxy) is 1. The van der Waals surface area contributed by atoms with Crippen LogP contribution in [-0.2, 0) is 5.41 Å². The Labute approximate surface area is 348 Å². The zero-order chi connectivity index (χ0) is 39.6. The molecule has 3 heterocycles. The highest BCUT2D eigenvalue weighted by Crippen LogP contribution is 2.63. The molecule has 0 N–H and O–H groups in total. The highest BCUT2D eigenvalue weighted by Gasteiger charge is 2.53. The molecular formula is C55H36N4O. The monoisotopic (exact) mass is 768 g/mol. The molecule has 5 heteroatoms. The smallest absolute Gasteiger partial charge is 0.164 e. The summed E-state index contributed by atoms with van der Waals surface area (Å²) in [5.74, 6) is 3.64. The summed E-state index contributed by atoms with van der Waals surface area (Å²) in [6.07, 6.45) is 7.47. The van der Waals surface area contributed by atoms with Crippen molar-refractivity contribution >= 4 is 10.9 Å². The number of nitrogens with zero attached hydrogens (tertiary/aromatic N) is 4. The Balaban J connectivity index is 1.09. The van der Waals surface area contributed by atoms with E-state index in [1.165, 1.54) is 38.9 Å². The van der Waals surface area contributed by atoms with Crippen LogP contribution in [0.4, 0.5) is 0 Å². The van der Waals surface area contributed by atoms with Gasteiger partial charge in [0.25, 0.3) is 0 Å². The molecule has 1 spiro atoms. The topological polar surface area (TPSA) is 60.8 Å². The van der Waals surface area contributed by atoms with E-state index in [1.807, 2.05) is 72.9 Å². The first kappa shape index (κ1) is 34.3. The summed E-state index contributed by atoms with van der Waals surface area (Å²) in [6.45, 7) is 0. The lowest BCUT2D eigenvalue weighted by atomic mass is 9.63. The van der Waals surface area contributed by atoms with Crippen LogP contribution in [0.25, 0.3) is 67.3 Å². The molecule has 0 bridgehead atoms. The number of hydrogen-bond acceptors (Lipinski definition) is 5. The van der Waals surface area contributed by atoms with Gasteiger partial charge in [0, 0.05) is 45.3 Å². The quantitative estimate of drug-likeness (QED) is 0.174. The Morgan fingerprint density at radius 2 is 1.07 bits per heavy atom. The standard InChI is InChI=1S/C55H36N4O/c1-4-15-35(16-5-1)40-28-29-41(51-44(40)23-14-32-56-51)38-26-30-49-47(33-38)55(45-24-12-10-21-42(45)43-22-11-13-25-46(43)55)48-34-39(27-31-50(48)60-49)54-58-52(36-17-6-2-7-18-36)57-53(59-54)37-19-8-3-9-20-37/h1-25,27-34,38H,26H2.